The first-order chi connectivity index (χ1) is 12.0. The smallest absolute Gasteiger partial charge is 0.338 e. The van der Waals surface area contributed by atoms with Crippen LogP contribution in [-0.4, -0.2) is 33.3 Å². The maximum Gasteiger partial charge on any atom is 0.338 e. The van der Waals surface area contributed by atoms with E-state index in [9.17, 15) is 13.2 Å². The molecule has 0 aliphatic carbocycles. The van der Waals surface area contributed by atoms with Crippen molar-refractivity contribution in [2.24, 2.45) is 0 Å². The molecular formula is C19H27NO4S. The Kier molecular flexibility index (Phi) is 7.05. The van der Waals surface area contributed by atoms with Crippen molar-refractivity contribution in [1.29, 1.82) is 0 Å². The third kappa shape index (κ3) is 5.08. The van der Waals surface area contributed by atoms with E-state index in [0.29, 0.717) is 24.2 Å². The molecule has 138 valence electrons. The number of benzene rings is 1. The number of hydrogen-bond acceptors (Lipinski definition) is 4. The molecule has 6 heteroatoms. The molecule has 0 saturated heterocycles. The lowest BCUT2D eigenvalue weighted by Gasteiger charge is -2.25. The number of ether oxygens (including phenoxy) is 1. The van der Waals surface area contributed by atoms with Gasteiger partial charge in [-0.05, 0) is 43.4 Å². The fourth-order valence-electron chi connectivity index (χ4n) is 2.98. The first kappa shape index (κ1) is 19.5. The molecule has 25 heavy (non-hydrogen) atoms. The summed E-state index contributed by atoms with van der Waals surface area (Å²) in [5.41, 5.74) is 1.97. The Bertz CT molecular complexity index is 712. The highest BCUT2D eigenvalue weighted by Crippen LogP contribution is 2.30. The molecule has 0 atom stereocenters. The van der Waals surface area contributed by atoms with Crippen molar-refractivity contribution in [3.63, 3.8) is 0 Å². The minimum absolute atomic E-state index is 0.134. The minimum atomic E-state index is -3.39. The van der Waals surface area contributed by atoms with Gasteiger partial charge < -0.3 is 4.74 Å². The Morgan fingerprint density at radius 3 is 2.84 bits per heavy atom. The van der Waals surface area contributed by atoms with E-state index in [2.05, 4.69) is 13.5 Å². The zero-order valence-electron chi connectivity index (χ0n) is 14.9. The van der Waals surface area contributed by atoms with E-state index in [1.165, 1.54) is 10.4 Å². The van der Waals surface area contributed by atoms with Gasteiger partial charge in [0.25, 0.3) is 0 Å². The summed E-state index contributed by atoms with van der Waals surface area (Å²) >= 11 is 0. The van der Waals surface area contributed by atoms with Crippen molar-refractivity contribution in [1.82, 2.24) is 0 Å². The highest BCUT2D eigenvalue weighted by Gasteiger charge is 2.27. The van der Waals surface area contributed by atoms with Crippen LogP contribution in [0.2, 0.25) is 0 Å². The van der Waals surface area contributed by atoms with Crippen LogP contribution in [0.1, 0.15) is 54.9 Å². The van der Waals surface area contributed by atoms with Gasteiger partial charge in [0.1, 0.15) is 6.61 Å². The van der Waals surface area contributed by atoms with Crippen molar-refractivity contribution in [3.8, 4) is 0 Å². The molecule has 0 fully saturated rings. The van der Waals surface area contributed by atoms with Crippen LogP contribution in [0.3, 0.4) is 0 Å². The van der Waals surface area contributed by atoms with Gasteiger partial charge in [0, 0.05) is 6.54 Å². The predicted octanol–water partition coefficient (Wildman–Crippen LogP) is 3.69. The second kappa shape index (κ2) is 9.04. The summed E-state index contributed by atoms with van der Waals surface area (Å²) in [4.78, 5) is 12.1. The lowest BCUT2D eigenvalue weighted by Crippen LogP contribution is -2.34. The number of hydrogen-bond donors (Lipinski definition) is 0. The van der Waals surface area contributed by atoms with Gasteiger partial charge in [-0.25, -0.2) is 13.2 Å². The summed E-state index contributed by atoms with van der Waals surface area (Å²) in [6.07, 6.45) is 6.61. The molecule has 0 N–H and O–H groups in total. The lowest BCUT2D eigenvalue weighted by molar-refractivity contribution is 0.0549. The summed E-state index contributed by atoms with van der Waals surface area (Å²) in [7, 11) is -3.39. The average molecular weight is 365 g/mol. The quantitative estimate of drug-likeness (QED) is 0.400. The largest absolute Gasteiger partial charge is 0.458 e. The second-order valence-electron chi connectivity index (χ2n) is 6.28. The fraction of sp³-hybridized carbons (Fsp3) is 0.526. The number of fused-ring (bicyclic) bond motifs is 1. The molecule has 5 nitrogen and oxygen atoms in total. The van der Waals surface area contributed by atoms with E-state index in [1.54, 1.807) is 12.1 Å². The summed E-state index contributed by atoms with van der Waals surface area (Å²) in [6.45, 7) is 6.17. The molecule has 1 aromatic carbocycles. The molecule has 0 spiro atoms. The number of carbonyl (C=O) groups is 1. The van der Waals surface area contributed by atoms with Crippen LogP contribution in [0.15, 0.2) is 30.9 Å². The maximum absolute atomic E-state index is 12.8. The number of carbonyl (C=O) groups excluding carboxylic acids is 1. The molecule has 0 saturated carbocycles. The van der Waals surface area contributed by atoms with Gasteiger partial charge in [-0.15, -0.1) is 0 Å². The molecule has 1 aliphatic heterocycles. The molecule has 0 radical (unpaired) electrons. The van der Waals surface area contributed by atoms with Gasteiger partial charge in [0.2, 0.25) is 10.0 Å². The van der Waals surface area contributed by atoms with E-state index in [1.807, 2.05) is 6.07 Å². The van der Waals surface area contributed by atoms with Gasteiger partial charge in [-0.3, -0.25) is 4.31 Å². The average Bonchev–Trinajstić information content (AvgIpc) is 2.82. The van der Waals surface area contributed by atoms with Gasteiger partial charge >= 0.3 is 5.97 Å². The predicted molar refractivity (Wildman–Crippen MR) is 101 cm³/mol. The van der Waals surface area contributed by atoms with E-state index < -0.39 is 16.0 Å². The Morgan fingerprint density at radius 2 is 2.12 bits per heavy atom. The van der Waals surface area contributed by atoms with Crippen LogP contribution in [0.25, 0.3) is 0 Å². The van der Waals surface area contributed by atoms with Crippen LogP contribution in [0.5, 0.6) is 0 Å². The first-order valence-corrected chi connectivity index (χ1v) is 10.5. The highest BCUT2D eigenvalue weighted by molar-refractivity contribution is 7.92. The van der Waals surface area contributed by atoms with Crippen molar-refractivity contribution in [2.75, 3.05) is 23.2 Å². The third-order valence-electron chi connectivity index (χ3n) is 4.32. The number of anilines is 1. The monoisotopic (exact) mass is 365 g/mol. The Morgan fingerprint density at radius 1 is 1.32 bits per heavy atom. The molecule has 0 amide bonds. The zero-order chi connectivity index (χ0) is 18.3. The Labute approximate surface area is 150 Å². The highest BCUT2D eigenvalue weighted by atomic mass is 32.2. The molecule has 1 aliphatic rings. The van der Waals surface area contributed by atoms with E-state index in [0.717, 1.165) is 37.7 Å². The number of unbranched alkanes of at least 4 members (excludes halogenated alkanes) is 2. The van der Waals surface area contributed by atoms with Crippen molar-refractivity contribution in [2.45, 2.75) is 45.4 Å². The number of nitrogens with zero attached hydrogens (tertiary/aromatic N) is 1. The maximum atomic E-state index is 12.8. The lowest BCUT2D eigenvalue weighted by atomic mass is 10.1. The van der Waals surface area contributed by atoms with Crippen molar-refractivity contribution in [3.05, 3.63) is 42.0 Å². The molecule has 1 heterocycles. The van der Waals surface area contributed by atoms with E-state index >= 15 is 0 Å². The standard InChI is InChI=1S/C19H27NO4S/c1-3-5-8-14-25(22,23)20-12-7-6-9-16-10-11-17(15-18(16)20)19(21)24-13-4-2/h4,10-11,15H,2-3,5-9,12-14H2,1H3. The van der Waals surface area contributed by atoms with Gasteiger partial charge in [0.05, 0.1) is 17.0 Å². The summed E-state index contributed by atoms with van der Waals surface area (Å²) in [5.74, 6) is -0.318. The van der Waals surface area contributed by atoms with Gasteiger partial charge in [-0.2, -0.15) is 0 Å². The van der Waals surface area contributed by atoms with E-state index in [-0.39, 0.29) is 12.4 Å². The molecule has 1 aromatic rings. The normalized spacial score (nSPS) is 14.5. The molecule has 0 unspecified atom stereocenters. The van der Waals surface area contributed by atoms with Crippen LogP contribution >= 0.6 is 0 Å². The van der Waals surface area contributed by atoms with E-state index in [4.69, 9.17) is 4.74 Å². The molecular weight excluding hydrogens is 338 g/mol. The zero-order valence-corrected chi connectivity index (χ0v) is 15.7. The van der Waals surface area contributed by atoms with Crippen LogP contribution in [-0.2, 0) is 21.2 Å². The van der Waals surface area contributed by atoms with Crippen molar-refractivity contribution >= 4 is 21.7 Å². The third-order valence-corrected chi connectivity index (χ3v) is 6.18. The minimum Gasteiger partial charge on any atom is -0.458 e. The van der Waals surface area contributed by atoms with Crippen LogP contribution < -0.4 is 4.31 Å². The number of aryl methyl sites for hydroxylation is 1. The second-order valence-corrected chi connectivity index (χ2v) is 8.30. The fourth-order valence-corrected chi connectivity index (χ4v) is 4.64. The first-order valence-electron chi connectivity index (χ1n) is 8.91. The SMILES string of the molecule is C=CCOC(=O)c1ccc2c(c1)N(S(=O)(=O)CCCCC)CCCC2. The number of sulfonamides is 1. The molecule has 0 bridgehead atoms. The Balaban J connectivity index is 2.32. The van der Waals surface area contributed by atoms with Crippen molar-refractivity contribution < 1.29 is 17.9 Å². The summed E-state index contributed by atoms with van der Waals surface area (Å²) in [5, 5.41) is 0. The van der Waals surface area contributed by atoms with Crippen LogP contribution in [0.4, 0.5) is 5.69 Å². The van der Waals surface area contributed by atoms with Gasteiger partial charge in [0.15, 0.2) is 0 Å². The summed E-state index contributed by atoms with van der Waals surface area (Å²) in [6, 6.07) is 5.21. The number of esters is 1. The number of rotatable bonds is 8. The topological polar surface area (TPSA) is 63.7 Å². The van der Waals surface area contributed by atoms with Crippen LogP contribution in [0, 0.1) is 0 Å². The Hall–Kier alpha value is -1.82. The molecule has 0 aromatic heterocycles. The summed E-state index contributed by atoms with van der Waals surface area (Å²) < 4.78 is 32.2. The molecule has 2 rings (SSSR count). The van der Waals surface area contributed by atoms with Gasteiger partial charge in [-0.1, -0.05) is 38.5 Å².